The van der Waals surface area contributed by atoms with E-state index in [1.807, 2.05) is 12.1 Å². The number of thiol groups is 1. The van der Waals surface area contributed by atoms with E-state index in [2.05, 4.69) is 17.6 Å². The van der Waals surface area contributed by atoms with Crippen LogP contribution in [0, 0.1) is 5.41 Å². The topological polar surface area (TPSA) is 12.9 Å². The molecule has 0 spiro atoms. The first kappa shape index (κ1) is 12.6. The number of rotatable bonds is 4. The van der Waals surface area contributed by atoms with Crippen molar-refractivity contribution in [3.05, 3.63) is 23.4 Å². The van der Waals surface area contributed by atoms with Crippen molar-refractivity contribution in [3.8, 4) is 0 Å². The molecule has 1 aromatic rings. The van der Waals surface area contributed by atoms with E-state index in [1.165, 1.54) is 25.7 Å². The van der Waals surface area contributed by atoms with E-state index >= 15 is 0 Å². The highest BCUT2D eigenvalue weighted by Gasteiger charge is 2.32. The monoisotopic (exact) mass is 273 g/mol. The molecule has 1 aliphatic rings. The molecule has 0 N–H and O–H groups in total. The molecular formula is C12H16ClNS2. The molecule has 0 saturated heterocycles. The average Bonchev–Trinajstić information content (AvgIpc) is 2.78. The minimum absolute atomic E-state index is 0.411. The fraction of sp³-hybridized carbons (Fsp3) is 0.583. The lowest BCUT2D eigenvalue weighted by molar-refractivity contribution is 0.403. The van der Waals surface area contributed by atoms with Crippen LogP contribution in [0.4, 0.5) is 0 Å². The minimum atomic E-state index is 0.411. The molecule has 0 atom stereocenters. The molecule has 0 amide bonds. The summed E-state index contributed by atoms with van der Waals surface area (Å²) in [7, 11) is 0. The highest BCUT2D eigenvalue weighted by molar-refractivity contribution is 7.99. The lowest BCUT2D eigenvalue weighted by Crippen LogP contribution is -2.21. The van der Waals surface area contributed by atoms with Gasteiger partial charge < -0.3 is 0 Å². The van der Waals surface area contributed by atoms with Crippen molar-refractivity contribution in [1.82, 2.24) is 4.98 Å². The summed E-state index contributed by atoms with van der Waals surface area (Å²) < 4.78 is 0. The maximum absolute atomic E-state index is 6.10. The number of halogens is 1. The van der Waals surface area contributed by atoms with Crippen LogP contribution in [0.5, 0.6) is 0 Å². The Kier molecular flexibility index (Phi) is 4.45. The van der Waals surface area contributed by atoms with Gasteiger partial charge in [0.15, 0.2) is 0 Å². The second-order valence-corrected chi connectivity index (χ2v) is 6.13. The van der Waals surface area contributed by atoms with Gasteiger partial charge in [-0.1, -0.05) is 24.4 Å². The number of aromatic nitrogens is 1. The van der Waals surface area contributed by atoms with Crippen LogP contribution in [0.1, 0.15) is 25.7 Å². The van der Waals surface area contributed by atoms with Gasteiger partial charge in [0.05, 0.1) is 5.02 Å². The van der Waals surface area contributed by atoms with E-state index < -0.39 is 0 Å². The molecule has 4 heteroatoms. The molecule has 1 nitrogen and oxygen atoms in total. The molecule has 0 radical (unpaired) electrons. The van der Waals surface area contributed by atoms with Crippen LogP contribution in [0.15, 0.2) is 23.4 Å². The van der Waals surface area contributed by atoms with Crippen molar-refractivity contribution in [2.45, 2.75) is 30.7 Å². The molecule has 2 rings (SSSR count). The van der Waals surface area contributed by atoms with E-state index in [0.29, 0.717) is 5.41 Å². The molecule has 0 aliphatic heterocycles. The van der Waals surface area contributed by atoms with Gasteiger partial charge in [0, 0.05) is 11.9 Å². The summed E-state index contributed by atoms with van der Waals surface area (Å²) in [6.45, 7) is 0. The van der Waals surface area contributed by atoms with Crippen LogP contribution in [-0.4, -0.2) is 16.5 Å². The first-order valence-corrected chi connectivity index (χ1v) is 7.60. The first-order valence-electron chi connectivity index (χ1n) is 5.60. The van der Waals surface area contributed by atoms with E-state index in [9.17, 15) is 0 Å². The number of pyridine rings is 1. The van der Waals surface area contributed by atoms with Gasteiger partial charge in [-0.15, -0.1) is 11.8 Å². The van der Waals surface area contributed by atoms with Crippen molar-refractivity contribution in [3.63, 3.8) is 0 Å². The quantitative estimate of drug-likeness (QED) is 0.648. The Bertz CT molecular complexity index is 351. The standard InChI is InChI=1S/C12H16ClNS2/c13-10-4-3-7-14-11(10)16-9-12(8-15)5-1-2-6-12/h3-4,7,15H,1-2,5-6,8-9H2. The first-order chi connectivity index (χ1) is 7.76. The largest absolute Gasteiger partial charge is 0.248 e. The van der Waals surface area contributed by atoms with Crippen molar-refractivity contribution in [2.24, 2.45) is 5.41 Å². The molecule has 88 valence electrons. The van der Waals surface area contributed by atoms with E-state index in [1.54, 1.807) is 18.0 Å². The van der Waals surface area contributed by atoms with Crippen LogP contribution in [0.25, 0.3) is 0 Å². The van der Waals surface area contributed by atoms with Crippen molar-refractivity contribution in [1.29, 1.82) is 0 Å². The Balaban J connectivity index is 1.98. The maximum Gasteiger partial charge on any atom is 0.115 e. The van der Waals surface area contributed by atoms with Gasteiger partial charge in [0.25, 0.3) is 0 Å². The highest BCUT2D eigenvalue weighted by atomic mass is 35.5. The van der Waals surface area contributed by atoms with Gasteiger partial charge in [0.2, 0.25) is 0 Å². The normalized spacial score (nSPS) is 18.9. The van der Waals surface area contributed by atoms with Crippen LogP contribution >= 0.6 is 36.0 Å². The van der Waals surface area contributed by atoms with Gasteiger partial charge in [-0.05, 0) is 36.1 Å². The second-order valence-electron chi connectivity index (χ2n) is 4.44. The fourth-order valence-electron chi connectivity index (χ4n) is 2.17. The smallest absolute Gasteiger partial charge is 0.115 e. The van der Waals surface area contributed by atoms with Gasteiger partial charge in [0.1, 0.15) is 5.03 Å². The molecule has 1 heterocycles. The number of thioether (sulfide) groups is 1. The number of hydrogen-bond acceptors (Lipinski definition) is 3. The SMILES string of the molecule is SCC1(CSc2ncccc2Cl)CCCC1. The van der Waals surface area contributed by atoms with Gasteiger partial charge >= 0.3 is 0 Å². The van der Waals surface area contributed by atoms with Crippen LogP contribution < -0.4 is 0 Å². The van der Waals surface area contributed by atoms with Gasteiger partial charge in [-0.2, -0.15) is 12.6 Å². The molecule has 0 bridgehead atoms. The summed E-state index contributed by atoms with van der Waals surface area (Å²) in [6.07, 6.45) is 7.09. The number of nitrogens with zero attached hydrogens (tertiary/aromatic N) is 1. The average molecular weight is 274 g/mol. The molecule has 0 aromatic carbocycles. The van der Waals surface area contributed by atoms with E-state index in [0.717, 1.165) is 21.6 Å². The van der Waals surface area contributed by atoms with E-state index in [-0.39, 0.29) is 0 Å². The zero-order valence-corrected chi connectivity index (χ0v) is 11.6. The van der Waals surface area contributed by atoms with E-state index in [4.69, 9.17) is 11.6 Å². The second kappa shape index (κ2) is 5.65. The third-order valence-corrected chi connectivity index (χ3v) is 5.68. The summed E-state index contributed by atoms with van der Waals surface area (Å²) in [5.41, 5.74) is 0.411. The van der Waals surface area contributed by atoms with Crippen molar-refractivity contribution < 1.29 is 0 Å². The summed E-state index contributed by atoms with van der Waals surface area (Å²) in [5, 5.41) is 1.72. The lowest BCUT2D eigenvalue weighted by atomic mass is 9.91. The Morgan fingerprint density at radius 3 is 2.81 bits per heavy atom. The Morgan fingerprint density at radius 1 is 1.44 bits per heavy atom. The Labute approximate surface area is 112 Å². The Morgan fingerprint density at radius 2 is 2.19 bits per heavy atom. The summed E-state index contributed by atoms with van der Waals surface area (Å²) in [4.78, 5) is 4.31. The van der Waals surface area contributed by atoms with Gasteiger partial charge in [-0.25, -0.2) is 4.98 Å². The third kappa shape index (κ3) is 2.88. The summed E-state index contributed by atoms with van der Waals surface area (Å²) >= 11 is 12.4. The number of hydrogen-bond donors (Lipinski definition) is 1. The van der Waals surface area contributed by atoms with Crippen LogP contribution in [0.2, 0.25) is 5.02 Å². The fourth-order valence-corrected chi connectivity index (χ4v) is 4.21. The molecule has 1 fully saturated rings. The molecule has 1 saturated carbocycles. The zero-order valence-electron chi connectivity index (χ0n) is 9.16. The lowest BCUT2D eigenvalue weighted by Gasteiger charge is -2.26. The molecular weight excluding hydrogens is 258 g/mol. The summed E-state index contributed by atoms with van der Waals surface area (Å²) in [5.74, 6) is 2.07. The van der Waals surface area contributed by atoms with Crippen molar-refractivity contribution >= 4 is 36.0 Å². The zero-order chi connectivity index (χ0) is 11.4. The predicted molar refractivity (Wildman–Crippen MR) is 74.7 cm³/mol. The minimum Gasteiger partial charge on any atom is -0.248 e. The van der Waals surface area contributed by atoms with Crippen LogP contribution in [-0.2, 0) is 0 Å². The molecule has 0 unspecified atom stereocenters. The Hall–Kier alpha value is 0.140. The maximum atomic E-state index is 6.10. The van der Waals surface area contributed by atoms with Crippen molar-refractivity contribution in [2.75, 3.05) is 11.5 Å². The third-order valence-electron chi connectivity index (χ3n) is 3.24. The molecule has 1 aliphatic carbocycles. The van der Waals surface area contributed by atoms with Crippen LogP contribution in [0.3, 0.4) is 0 Å². The summed E-state index contributed by atoms with van der Waals surface area (Å²) in [6, 6.07) is 3.77. The molecule has 16 heavy (non-hydrogen) atoms. The highest BCUT2D eigenvalue weighted by Crippen LogP contribution is 2.43. The predicted octanol–water partition coefficient (Wildman–Crippen LogP) is 4.32. The molecule has 1 aromatic heterocycles. The van der Waals surface area contributed by atoms with Gasteiger partial charge in [-0.3, -0.25) is 0 Å².